The van der Waals surface area contributed by atoms with Crippen molar-refractivity contribution in [2.75, 3.05) is 13.1 Å². The highest BCUT2D eigenvalue weighted by Crippen LogP contribution is 2.23. The van der Waals surface area contributed by atoms with Gasteiger partial charge < -0.3 is 0 Å². The van der Waals surface area contributed by atoms with Gasteiger partial charge in [0.15, 0.2) is 0 Å². The Morgan fingerprint density at radius 1 is 1.39 bits per heavy atom. The molecule has 0 spiro atoms. The van der Waals surface area contributed by atoms with E-state index in [2.05, 4.69) is 40.0 Å². The second kappa shape index (κ2) is 10.2. The minimum Gasteiger partial charge on any atom is -0.299 e. The number of rotatable bonds is 10. The molecule has 28 heavy (non-hydrogen) atoms. The molecule has 8 nitrogen and oxygen atoms in total. The fraction of sp³-hybridized carbons (Fsp3) is 0.500. The molecule has 0 radical (unpaired) electrons. The number of hydroxylamine groups is 1. The van der Waals surface area contributed by atoms with E-state index >= 15 is 0 Å². The lowest BCUT2D eigenvalue weighted by Gasteiger charge is -2.33. The van der Waals surface area contributed by atoms with Crippen LogP contribution in [0.2, 0.25) is 0 Å². The van der Waals surface area contributed by atoms with E-state index in [1.807, 2.05) is 17.3 Å². The highest BCUT2D eigenvalue weighted by atomic mass is 16.5. The summed E-state index contributed by atoms with van der Waals surface area (Å²) in [5.74, 6) is 0.461. The molecule has 1 fully saturated rings. The molecule has 1 heterocycles. The number of nitrogens with one attached hydrogen (secondary N) is 3. The zero-order chi connectivity index (χ0) is 19.8. The number of amides is 1. The average Bonchev–Trinajstić information content (AvgIpc) is 3.12. The van der Waals surface area contributed by atoms with Crippen LogP contribution in [0, 0.1) is 0 Å². The lowest BCUT2D eigenvalue weighted by Crippen LogP contribution is -2.51. The van der Waals surface area contributed by atoms with Crippen molar-refractivity contribution in [3.63, 3.8) is 0 Å². The molecule has 0 saturated heterocycles. The Hall–Kier alpha value is -2.42. The van der Waals surface area contributed by atoms with Gasteiger partial charge in [-0.1, -0.05) is 37.6 Å². The van der Waals surface area contributed by atoms with E-state index in [1.165, 1.54) is 30.9 Å². The predicted octanol–water partition coefficient (Wildman–Crippen LogP) is 2.49. The molecule has 4 N–H and O–H groups in total. The molecule has 0 unspecified atom stereocenters. The van der Waals surface area contributed by atoms with Crippen LogP contribution in [-0.4, -0.2) is 46.1 Å². The van der Waals surface area contributed by atoms with Crippen molar-refractivity contribution in [1.82, 2.24) is 26.5 Å². The van der Waals surface area contributed by atoms with E-state index in [-0.39, 0.29) is 2.85 Å². The zero-order valence-corrected chi connectivity index (χ0v) is 16.4. The normalized spacial score (nSPS) is 17.3. The summed E-state index contributed by atoms with van der Waals surface area (Å²) < 4.78 is 0. The van der Waals surface area contributed by atoms with Gasteiger partial charge in [-0.15, -0.1) is 10.2 Å². The maximum absolute atomic E-state index is 11.1. The molecular formula is C20H34N6O2. The quantitative estimate of drug-likeness (QED) is 0.279. The lowest BCUT2D eigenvalue weighted by atomic mass is 9.93. The Bertz CT molecular complexity index is 710. The molecule has 2 aliphatic rings. The molecule has 0 aromatic heterocycles. The van der Waals surface area contributed by atoms with E-state index in [0.717, 1.165) is 43.9 Å². The lowest BCUT2D eigenvalue weighted by molar-refractivity contribution is -0.124. The zero-order valence-electron chi connectivity index (χ0n) is 16.4. The van der Waals surface area contributed by atoms with Crippen LogP contribution < -0.4 is 16.4 Å². The molecule has 1 aromatic rings. The number of nitrogens with zero attached hydrogens (tertiary/aromatic N) is 3. The molecule has 0 atom stereocenters. The summed E-state index contributed by atoms with van der Waals surface area (Å²) in [4.78, 5) is 13.5. The van der Waals surface area contributed by atoms with E-state index in [1.54, 1.807) is 11.6 Å². The van der Waals surface area contributed by atoms with Crippen LogP contribution >= 0.6 is 0 Å². The summed E-state index contributed by atoms with van der Waals surface area (Å²) in [6.07, 6.45) is 8.70. The second-order valence-corrected chi connectivity index (χ2v) is 7.30. The summed E-state index contributed by atoms with van der Waals surface area (Å²) in [6, 6.07) is 8.66. The number of benzene rings is 1. The first-order chi connectivity index (χ1) is 13.7. The smallest absolute Gasteiger partial charge is 0.267 e. The molecule has 8 heteroatoms. The number of hydrogen-bond donors (Lipinski definition) is 4. The standard InChI is InChI=1S/C20H30N6O2.2H2/c1-2-13-25(14-12-19-21-24-26(22-19)18-4-3-5-18)15-17-8-6-16(7-9-17)10-11-20(27)23-28;;/h6-11,18,24,28H,2-5,12-15H2,1H3,(H,21,22)(H,23,27);2*1H/b11-10+;;. The van der Waals surface area contributed by atoms with Crippen molar-refractivity contribution in [2.24, 2.45) is 5.10 Å². The largest absolute Gasteiger partial charge is 0.299 e. The first kappa shape index (κ1) is 20.3. The van der Waals surface area contributed by atoms with E-state index in [0.29, 0.717) is 6.04 Å². The maximum Gasteiger partial charge on any atom is 0.267 e. The highest BCUT2D eigenvalue weighted by Gasteiger charge is 2.28. The van der Waals surface area contributed by atoms with Gasteiger partial charge in [-0.3, -0.25) is 20.3 Å². The molecule has 1 amide bonds. The van der Waals surface area contributed by atoms with Crippen molar-refractivity contribution in [1.29, 1.82) is 0 Å². The molecule has 156 valence electrons. The van der Waals surface area contributed by atoms with E-state index < -0.39 is 5.91 Å². The van der Waals surface area contributed by atoms with E-state index in [4.69, 9.17) is 5.21 Å². The monoisotopic (exact) mass is 390 g/mol. The van der Waals surface area contributed by atoms with Crippen molar-refractivity contribution >= 4 is 17.8 Å². The van der Waals surface area contributed by atoms with Crippen LogP contribution in [0.15, 0.2) is 35.4 Å². The van der Waals surface area contributed by atoms with Crippen LogP contribution in [0.5, 0.6) is 0 Å². The third-order valence-corrected chi connectivity index (χ3v) is 5.11. The van der Waals surface area contributed by atoms with Crippen LogP contribution in [0.3, 0.4) is 0 Å². The molecular weight excluding hydrogens is 356 g/mol. The summed E-state index contributed by atoms with van der Waals surface area (Å²) in [5.41, 5.74) is 10.2. The second-order valence-electron chi connectivity index (χ2n) is 7.30. The summed E-state index contributed by atoms with van der Waals surface area (Å²) in [7, 11) is 0. The fourth-order valence-electron chi connectivity index (χ4n) is 3.28. The number of hydrogen-bond acceptors (Lipinski definition) is 7. The summed E-state index contributed by atoms with van der Waals surface area (Å²) in [5, 5.41) is 15.0. The first-order valence-corrected chi connectivity index (χ1v) is 9.99. The Labute approximate surface area is 169 Å². The van der Waals surface area contributed by atoms with Gasteiger partial charge in [0.05, 0.1) is 6.04 Å². The maximum atomic E-state index is 11.1. The van der Waals surface area contributed by atoms with Crippen LogP contribution in [0.25, 0.3) is 6.08 Å². The topological polar surface area (TPSA) is 92.2 Å². The molecule has 1 aliphatic carbocycles. The molecule has 1 aliphatic heterocycles. The molecule has 1 saturated carbocycles. The van der Waals surface area contributed by atoms with Gasteiger partial charge in [-0.2, -0.15) is 0 Å². The average molecular weight is 391 g/mol. The van der Waals surface area contributed by atoms with Gasteiger partial charge in [-0.25, -0.2) is 11.0 Å². The SMILES string of the molecule is CCCN(CCC1=NNN(C2CCC2)N1)Cc1ccc(/C=C/C(=O)NO)cc1.[HH].[HH]. The minimum absolute atomic E-state index is 0. The molecule has 1 aromatic carbocycles. The van der Waals surface area contributed by atoms with Gasteiger partial charge in [0.1, 0.15) is 5.84 Å². The van der Waals surface area contributed by atoms with Gasteiger partial charge in [-0.05, 0) is 43.0 Å². The van der Waals surface area contributed by atoms with Crippen molar-refractivity contribution < 1.29 is 12.9 Å². The van der Waals surface area contributed by atoms with E-state index in [9.17, 15) is 4.79 Å². The number of carbonyl (C=O) groups excluding carboxylic acids is 1. The highest BCUT2D eigenvalue weighted by molar-refractivity contribution is 5.90. The molecule has 3 rings (SSSR count). The molecule has 0 bridgehead atoms. The van der Waals surface area contributed by atoms with Crippen molar-refractivity contribution in [3.8, 4) is 0 Å². The van der Waals surface area contributed by atoms with Crippen molar-refractivity contribution in [3.05, 3.63) is 41.5 Å². The van der Waals surface area contributed by atoms with Gasteiger partial charge in [0, 0.05) is 28.4 Å². The number of hydrazone groups is 1. The number of hydrazine groups is 2. The number of carbonyl (C=O) groups is 1. The minimum atomic E-state index is -0.535. The predicted molar refractivity (Wildman–Crippen MR) is 113 cm³/mol. The Morgan fingerprint density at radius 3 is 2.82 bits per heavy atom. The fourth-order valence-corrected chi connectivity index (χ4v) is 3.28. The van der Waals surface area contributed by atoms with Crippen LogP contribution in [0.1, 0.15) is 53.0 Å². The third kappa shape index (κ3) is 5.79. The summed E-state index contributed by atoms with van der Waals surface area (Å²) >= 11 is 0. The Kier molecular flexibility index (Phi) is 7.41. The third-order valence-electron chi connectivity index (χ3n) is 5.11. The van der Waals surface area contributed by atoms with Gasteiger partial charge in [0.25, 0.3) is 5.91 Å². The Balaban J connectivity index is 0.00000225. The van der Waals surface area contributed by atoms with Gasteiger partial charge >= 0.3 is 0 Å². The van der Waals surface area contributed by atoms with Crippen molar-refractivity contribution in [2.45, 2.75) is 51.6 Å². The number of amidine groups is 1. The van der Waals surface area contributed by atoms with Crippen LogP contribution in [0.4, 0.5) is 0 Å². The summed E-state index contributed by atoms with van der Waals surface area (Å²) in [6.45, 7) is 5.05. The van der Waals surface area contributed by atoms with Crippen LogP contribution in [-0.2, 0) is 11.3 Å². The van der Waals surface area contributed by atoms with Gasteiger partial charge in [0.2, 0.25) is 0 Å². The first-order valence-electron chi connectivity index (χ1n) is 9.99. The Morgan fingerprint density at radius 2 is 2.18 bits per heavy atom.